The van der Waals surface area contributed by atoms with Crippen LogP contribution < -0.4 is 0 Å². The molecule has 0 bridgehead atoms. The molecular weight excluding hydrogens is 413 g/mol. The number of carbonyl (C=O) groups is 1. The lowest BCUT2D eigenvalue weighted by atomic mass is 10.1. The van der Waals surface area contributed by atoms with E-state index in [0.29, 0.717) is 24.9 Å². The van der Waals surface area contributed by atoms with Gasteiger partial charge in [0.05, 0.1) is 18.4 Å². The predicted octanol–water partition coefficient (Wildman–Crippen LogP) is 5.79. The summed E-state index contributed by atoms with van der Waals surface area (Å²) in [5.74, 6) is 1.96. The summed E-state index contributed by atoms with van der Waals surface area (Å²) >= 11 is 1.58. The Kier molecular flexibility index (Phi) is 6.62. The van der Waals surface area contributed by atoms with Crippen LogP contribution in [0.4, 0.5) is 4.39 Å². The Morgan fingerprint density at radius 1 is 1.06 bits per heavy atom. The van der Waals surface area contributed by atoms with Crippen molar-refractivity contribution in [2.75, 3.05) is 5.75 Å². The molecule has 0 saturated heterocycles. The van der Waals surface area contributed by atoms with Crippen molar-refractivity contribution in [2.45, 2.75) is 31.5 Å². The molecule has 158 valence electrons. The minimum Gasteiger partial charge on any atom is -0.469 e. The zero-order valence-corrected chi connectivity index (χ0v) is 17.9. The fraction of sp³-hybridized carbons (Fsp3) is 0.208. The number of nitrogens with zero attached hydrogens (tertiary/aromatic N) is 3. The van der Waals surface area contributed by atoms with Crippen LogP contribution in [0.15, 0.2) is 76.5 Å². The number of rotatable bonds is 9. The topological polar surface area (TPSA) is 60.9 Å². The number of hydrogen-bond donors (Lipinski definition) is 0. The van der Waals surface area contributed by atoms with Gasteiger partial charge in [-0.3, -0.25) is 9.36 Å². The highest BCUT2D eigenvalue weighted by Crippen LogP contribution is 2.28. The third-order valence-electron chi connectivity index (χ3n) is 4.95. The first kappa shape index (κ1) is 21.1. The van der Waals surface area contributed by atoms with E-state index in [4.69, 9.17) is 4.42 Å². The van der Waals surface area contributed by atoms with Crippen molar-refractivity contribution >= 4 is 17.5 Å². The van der Waals surface area contributed by atoms with Gasteiger partial charge in [-0.15, -0.1) is 10.2 Å². The zero-order valence-electron chi connectivity index (χ0n) is 17.1. The maximum Gasteiger partial charge on any atom is 0.191 e. The van der Waals surface area contributed by atoms with Crippen LogP contribution in [-0.2, 0) is 6.54 Å². The van der Waals surface area contributed by atoms with Gasteiger partial charge in [-0.1, -0.05) is 42.1 Å². The van der Waals surface area contributed by atoms with Gasteiger partial charge in [-0.25, -0.2) is 4.39 Å². The van der Waals surface area contributed by atoms with E-state index in [1.165, 1.54) is 24.3 Å². The normalized spacial score (nSPS) is 11.0. The highest BCUT2D eigenvalue weighted by atomic mass is 32.2. The number of furan rings is 1. The molecule has 0 aliphatic heterocycles. The number of hydrogen-bond acceptors (Lipinski definition) is 5. The smallest absolute Gasteiger partial charge is 0.191 e. The Bertz CT molecular complexity index is 1150. The summed E-state index contributed by atoms with van der Waals surface area (Å²) in [7, 11) is 0. The first-order valence-electron chi connectivity index (χ1n) is 10.0. The molecule has 0 atom stereocenters. The van der Waals surface area contributed by atoms with Crippen LogP contribution in [0.25, 0.3) is 11.4 Å². The maximum absolute atomic E-state index is 13.0. The molecule has 0 radical (unpaired) electrons. The van der Waals surface area contributed by atoms with Gasteiger partial charge in [0, 0.05) is 17.7 Å². The molecule has 0 spiro atoms. The van der Waals surface area contributed by atoms with E-state index in [0.717, 1.165) is 33.6 Å². The molecule has 2 aromatic heterocycles. The summed E-state index contributed by atoms with van der Waals surface area (Å²) in [5, 5.41) is 9.62. The van der Waals surface area contributed by atoms with Crippen molar-refractivity contribution in [1.82, 2.24) is 14.8 Å². The monoisotopic (exact) mass is 435 g/mol. The first-order valence-corrected chi connectivity index (χ1v) is 11.0. The number of thioether (sulfide) groups is 1. The molecule has 2 aromatic carbocycles. The fourth-order valence-corrected chi connectivity index (χ4v) is 4.17. The van der Waals surface area contributed by atoms with E-state index in [-0.39, 0.29) is 11.6 Å². The molecule has 5 nitrogen and oxygen atoms in total. The number of aromatic nitrogens is 3. The molecule has 0 unspecified atom stereocenters. The molecule has 4 aromatic rings. The summed E-state index contributed by atoms with van der Waals surface area (Å²) in [6.07, 6.45) is 2.75. The lowest BCUT2D eigenvalue weighted by Gasteiger charge is -2.10. The molecular formula is C24H22FN3O2S. The fourth-order valence-electron chi connectivity index (χ4n) is 3.30. The third-order valence-corrected chi connectivity index (χ3v) is 6.00. The quantitative estimate of drug-likeness (QED) is 0.189. The highest BCUT2D eigenvalue weighted by molar-refractivity contribution is 7.99. The maximum atomic E-state index is 13.0. The number of benzene rings is 2. The lowest BCUT2D eigenvalue weighted by molar-refractivity contribution is 0.0982. The number of ketones is 1. The van der Waals surface area contributed by atoms with Crippen molar-refractivity contribution in [3.63, 3.8) is 0 Å². The molecule has 0 aliphatic carbocycles. The Labute approximate surface area is 184 Å². The minimum absolute atomic E-state index is 0.0149. The van der Waals surface area contributed by atoms with Gasteiger partial charge in [0.2, 0.25) is 0 Å². The first-order chi connectivity index (χ1) is 15.1. The van der Waals surface area contributed by atoms with Crippen molar-refractivity contribution in [3.05, 3.63) is 89.6 Å². The van der Waals surface area contributed by atoms with Crippen molar-refractivity contribution in [3.8, 4) is 11.4 Å². The number of carbonyl (C=O) groups excluding carboxylic acids is 1. The molecule has 2 heterocycles. The second-order valence-corrected chi connectivity index (χ2v) is 8.21. The van der Waals surface area contributed by atoms with Crippen LogP contribution in [0.1, 0.15) is 34.5 Å². The molecule has 0 N–H and O–H groups in total. The van der Waals surface area contributed by atoms with Crippen LogP contribution in [0.2, 0.25) is 0 Å². The predicted molar refractivity (Wildman–Crippen MR) is 119 cm³/mol. The molecule has 0 saturated carbocycles. The van der Waals surface area contributed by atoms with E-state index in [1.807, 2.05) is 31.2 Å². The number of Topliss-reactive ketones (excluding diaryl/α,β-unsaturated/α-hetero) is 1. The molecule has 4 rings (SSSR count). The highest BCUT2D eigenvalue weighted by Gasteiger charge is 2.18. The van der Waals surface area contributed by atoms with Crippen molar-refractivity contribution < 1.29 is 13.6 Å². The second kappa shape index (κ2) is 9.75. The lowest BCUT2D eigenvalue weighted by Crippen LogP contribution is -2.05. The van der Waals surface area contributed by atoms with Crippen molar-refractivity contribution in [1.29, 1.82) is 0 Å². The molecule has 31 heavy (non-hydrogen) atoms. The Balaban J connectivity index is 1.45. The van der Waals surface area contributed by atoms with E-state index in [1.54, 1.807) is 18.0 Å². The summed E-state index contributed by atoms with van der Waals surface area (Å²) < 4.78 is 20.6. The second-order valence-electron chi connectivity index (χ2n) is 7.15. The van der Waals surface area contributed by atoms with Crippen LogP contribution in [-0.4, -0.2) is 26.3 Å². The van der Waals surface area contributed by atoms with E-state index in [2.05, 4.69) is 26.9 Å². The van der Waals surface area contributed by atoms with Gasteiger partial charge in [0.25, 0.3) is 0 Å². The summed E-state index contributed by atoms with van der Waals surface area (Å²) in [4.78, 5) is 12.3. The molecule has 0 aliphatic rings. The van der Waals surface area contributed by atoms with Crippen LogP contribution in [0, 0.1) is 12.7 Å². The zero-order chi connectivity index (χ0) is 21.6. The van der Waals surface area contributed by atoms with Crippen LogP contribution in [0.5, 0.6) is 0 Å². The van der Waals surface area contributed by atoms with Gasteiger partial charge in [0.15, 0.2) is 16.8 Å². The Hall–Kier alpha value is -3.19. The van der Waals surface area contributed by atoms with Crippen LogP contribution >= 0.6 is 11.8 Å². The standard InChI is InChI=1S/C24H22FN3O2S/c1-17-21(13-14-30-17)23-26-27-24(28(23)16-18-6-3-2-4-7-18)31-15-5-8-22(29)19-9-11-20(25)12-10-19/h2-4,6-7,9-14H,5,8,15-16H2,1H3. The van der Waals surface area contributed by atoms with Crippen LogP contribution in [0.3, 0.4) is 0 Å². The van der Waals surface area contributed by atoms with Gasteiger partial charge in [-0.2, -0.15) is 0 Å². The average molecular weight is 436 g/mol. The van der Waals surface area contributed by atoms with E-state index < -0.39 is 0 Å². The molecule has 0 fully saturated rings. The van der Waals surface area contributed by atoms with Gasteiger partial charge in [0.1, 0.15) is 11.6 Å². The Morgan fingerprint density at radius 3 is 2.55 bits per heavy atom. The van der Waals surface area contributed by atoms with E-state index in [9.17, 15) is 9.18 Å². The van der Waals surface area contributed by atoms with Crippen molar-refractivity contribution in [2.24, 2.45) is 0 Å². The minimum atomic E-state index is -0.339. The van der Waals surface area contributed by atoms with Gasteiger partial charge >= 0.3 is 0 Å². The van der Waals surface area contributed by atoms with Gasteiger partial charge in [-0.05, 0) is 49.2 Å². The summed E-state index contributed by atoms with van der Waals surface area (Å²) in [5.41, 5.74) is 2.61. The third kappa shape index (κ3) is 5.11. The molecule has 7 heteroatoms. The summed E-state index contributed by atoms with van der Waals surface area (Å²) in [6, 6.07) is 17.7. The number of halogens is 1. The SMILES string of the molecule is Cc1occc1-c1nnc(SCCCC(=O)c2ccc(F)cc2)n1Cc1ccccc1. The average Bonchev–Trinajstić information content (AvgIpc) is 3.38. The molecule has 0 amide bonds. The largest absolute Gasteiger partial charge is 0.469 e. The van der Waals surface area contributed by atoms with Gasteiger partial charge < -0.3 is 4.42 Å². The Morgan fingerprint density at radius 2 is 1.84 bits per heavy atom. The van der Waals surface area contributed by atoms with E-state index >= 15 is 0 Å². The number of aryl methyl sites for hydroxylation is 1. The summed E-state index contributed by atoms with van der Waals surface area (Å²) in [6.45, 7) is 2.55.